The van der Waals surface area contributed by atoms with Gasteiger partial charge in [-0.3, -0.25) is 13.9 Å². The molecule has 0 saturated carbocycles. The van der Waals surface area contributed by atoms with Crippen molar-refractivity contribution in [1.82, 2.24) is 10.2 Å². The molecule has 2 aromatic carbocycles. The van der Waals surface area contributed by atoms with Crippen LogP contribution in [0.25, 0.3) is 0 Å². The second kappa shape index (κ2) is 13.0. The third-order valence-electron chi connectivity index (χ3n) is 5.43. The number of carbonyl (C=O) groups is 2. The first-order valence-electron chi connectivity index (χ1n) is 11.4. The summed E-state index contributed by atoms with van der Waals surface area (Å²) in [6.45, 7) is 5.67. The molecule has 0 aromatic heterocycles. The standard InChI is InChI=1S/C25H34BrN3O6S/c1-17(2)14-27-25(31)18(3)28(15-19-8-7-9-20(26)12-19)24(30)16-29(36(6,32)33)21-10-11-22(34-4)23(13-21)35-5/h7-13,17-18H,14-16H2,1-6H3,(H,27,31)/t18-/m1/s1. The Morgan fingerprint density at radius 1 is 1.03 bits per heavy atom. The number of anilines is 1. The third-order valence-corrected chi connectivity index (χ3v) is 7.06. The Morgan fingerprint density at radius 2 is 1.69 bits per heavy atom. The van der Waals surface area contributed by atoms with Crippen LogP contribution in [0.5, 0.6) is 11.5 Å². The van der Waals surface area contributed by atoms with E-state index in [0.717, 1.165) is 20.6 Å². The smallest absolute Gasteiger partial charge is 0.244 e. The van der Waals surface area contributed by atoms with E-state index in [9.17, 15) is 18.0 Å². The number of sulfonamides is 1. The molecule has 0 spiro atoms. The van der Waals surface area contributed by atoms with Crippen LogP contribution in [-0.4, -0.2) is 64.7 Å². The number of hydrogen-bond acceptors (Lipinski definition) is 6. The number of nitrogens with zero attached hydrogens (tertiary/aromatic N) is 2. The maximum absolute atomic E-state index is 13.6. The van der Waals surface area contributed by atoms with E-state index < -0.39 is 28.5 Å². The van der Waals surface area contributed by atoms with Gasteiger partial charge in [0, 0.05) is 23.6 Å². The van der Waals surface area contributed by atoms with E-state index in [1.54, 1.807) is 13.0 Å². The van der Waals surface area contributed by atoms with Crippen LogP contribution >= 0.6 is 15.9 Å². The summed E-state index contributed by atoms with van der Waals surface area (Å²) in [7, 11) is -0.944. The molecule has 198 valence electrons. The summed E-state index contributed by atoms with van der Waals surface area (Å²) in [5.74, 6) is 0.142. The molecule has 0 unspecified atom stereocenters. The molecule has 0 radical (unpaired) electrons. The summed E-state index contributed by atoms with van der Waals surface area (Å²) in [6.07, 6.45) is 1.02. The molecule has 2 amide bonds. The van der Waals surface area contributed by atoms with Gasteiger partial charge in [-0.25, -0.2) is 8.42 Å². The Hall–Kier alpha value is -2.79. The summed E-state index contributed by atoms with van der Waals surface area (Å²) in [5, 5.41) is 2.85. The van der Waals surface area contributed by atoms with E-state index in [1.165, 1.54) is 31.3 Å². The molecule has 2 aromatic rings. The minimum Gasteiger partial charge on any atom is -0.493 e. The summed E-state index contributed by atoms with van der Waals surface area (Å²) >= 11 is 3.43. The van der Waals surface area contributed by atoms with Crippen LogP contribution in [0.4, 0.5) is 5.69 Å². The highest BCUT2D eigenvalue weighted by Gasteiger charge is 2.30. The van der Waals surface area contributed by atoms with Crippen LogP contribution in [0.1, 0.15) is 26.3 Å². The lowest BCUT2D eigenvalue weighted by Gasteiger charge is -2.31. The minimum absolute atomic E-state index is 0.123. The molecule has 9 nitrogen and oxygen atoms in total. The van der Waals surface area contributed by atoms with Crippen LogP contribution in [0, 0.1) is 5.92 Å². The van der Waals surface area contributed by atoms with Gasteiger partial charge < -0.3 is 19.7 Å². The fourth-order valence-electron chi connectivity index (χ4n) is 3.46. The molecule has 0 fully saturated rings. The average molecular weight is 585 g/mol. The van der Waals surface area contributed by atoms with Crippen LogP contribution in [0.15, 0.2) is 46.9 Å². The van der Waals surface area contributed by atoms with Crippen molar-refractivity contribution in [2.75, 3.05) is 37.9 Å². The molecule has 0 heterocycles. The molecule has 36 heavy (non-hydrogen) atoms. The van der Waals surface area contributed by atoms with Gasteiger partial charge in [-0.1, -0.05) is 41.9 Å². The van der Waals surface area contributed by atoms with Gasteiger partial charge in [-0.15, -0.1) is 0 Å². The molecule has 0 aliphatic carbocycles. The number of carbonyl (C=O) groups excluding carboxylic acids is 2. The lowest BCUT2D eigenvalue weighted by Crippen LogP contribution is -2.51. The zero-order valence-corrected chi connectivity index (χ0v) is 23.9. The zero-order chi connectivity index (χ0) is 27.0. The normalized spacial score (nSPS) is 12.1. The van der Waals surface area contributed by atoms with Crippen molar-refractivity contribution >= 4 is 43.5 Å². The number of halogens is 1. The SMILES string of the molecule is COc1ccc(N(CC(=O)N(Cc2cccc(Br)c2)[C@H](C)C(=O)NCC(C)C)S(C)(=O)=O)cc1OC. The van der Waals surface area contributed by atoms with Gasteiger partial charge >= 0.3 is 0 Å². The molecule has 0 saturated heterocycles. The molecule has 2 rings (SSSR count). The molecule has 11 heteroatoms. The second-order valence-corrected chi connectivity index (χ2v) is 11.6. The number of rotatable bonds is 12. The number of benzene rings is 2. The predicted octanol–water partition coefficient (Wildman–Crippen LogP) is 3.42. The topological polar surface area (TPSA) is 105 Å². The number of nitrogens with one attached hydrogen (secondary N) is 1. The molecule has 0 aliphatic rings. The third kappa shape index (κ3) is 8.12. The summed E-state index contributed by atoms with van der Waals surface area (Å²) < 4.78 is 37.8. The van der Waals surface area contributed by atoms with E-state index >= 15 is 0 Å². The molecule has 0 aliphatic heterocycles. The monoisotopic (exact) mass is 583 g/mol. The summed E-state index contributed by atoms with van der Waals surface area (Å²) in [5.41, 5.74) is 1.03. The van der Waals surface area contributed by atoms with Crippen molar-refractivity contribution in [3.8, 4) is 11.5 Å². The second-order valence-electron chi connectivity index (χ2n) is 8.78. The highest BCUT2D eigenvalue weighted by atomic mass is 79.9. The first-order valence-corrected chi connectivity index (χ1v) is 14.0. The highest BCUT2D eigenvalue weighted by molar-refractivity contribution is 9.10. The van der Waals surface area contributed by atoms with Crippen molar-refractivity contribution in [2.45, 2.75) is 33.4 Å². The first-order chi connectivity index (χ1) is 16.9. The van der Waals surface area contributed by atoms with Gasteiger partial charge in [0.15, 0.2) is 11.5 Å². The lowest BCUT2D eigenvalue weighted by molar-refractivity contribution is -0.139. The van der Waals surface area contributed by atoms with E-state index in [2.05, 4.69) is 21.2 Å². The molecule has 1 N–H and O–H groups in total. The van der Waals surface area contributed by atoms with Crippen molar-refractivity contribution in [3.05, 3.63) is 52.5 Å². The van der Waals surface area contributed by atoms with Crippen LogP contribution < -0.4 is 19.1 Å². The summed E-state index contributed by atoms with van der Waals surface area (Å²) in [4.78, 5) is 27.9. The van der Waals surface area contributed by atoms with Gasteiger partial charge in [0.1, 0.15) is 12.6 Å². The minimum atomic E-state index is -3.86. The summed E-state index contributed by atoms with van der Waals surface area (Å²) in [6, 6.07) is 11.1. The van der Waals surface area contributed by atoms with Crippen molar-refractivity contribution in [2.24, 2.45) is 5.92 Å². The Kier molecular flexibility index (Phi) is 10.6. The van der Waals surface area contributed by atoms with Crippen LogP contribution in [-0.2, 0) is 26.2 Å². The van der Waals surface area contributed by atoms with Gasteiger partial charge in [-0.05, 0) is 42.7 Å². The van der Waals surface area contributed by atoms with Gasteiger partial charge in [-0.2, -0.15) is 0 Å². The van der Waals surface area contributed by atoms with Gasteiger partial charge in [0.05, 0.1) is 26.2 Å². The van der Waals surface area contributed by atoms with E-state index in [0.29, 0.717) is 18.0 Å². The Morgan fingerprint density at radius 3 is 2.25 bits per heavy atom. The first kappa shape index (κ1) is 29.4. The number of hydrogen-bond donors (Lipinski definition) is 1. The van der Waals surface area contributed by atoms with Gasteiger partial charge in [0.2, 0.25) is 21.8 Å². The quantitative estimate of drug-likeness (QED) is 0.410. The average Bonchev–Trinajstić information content (AvgIpc) is 2.82. The highest BCUT2D eigenvalue weighted by Crippen LogP contribution is 2.32. The Balaban J connectivity index is 2.42. The largest absolute Gasteiger partial charge is 0.493 e. The van der Waals surface area contributed by atoms with E-state index in [4.69, 9.17) is 9.47 Å². The van der Waals surface area contributed by atoms with Gasteiger partial charge in [0.25, 0.3) is 0 Å². The fourth-order valence-corrected chi connectivity index (χ4v) is 4.75. The number of ether oxygens (including phenoxy) is 2. The number of amides is 2. The zero-order valence-electron chi connectivity index (χ0n) is 21.4. The lowest BCUT2D eigenvalue weighted by atomic mass is 10.1. The molecular formula is C25H34BrN3O6S. The van der Waals surface area contributed by atoms with E-state index in [-0.39, 0.29) is 24.1 Å². The van der Waals surface area contributed by atoms with Crippen molar-refractivity contribution < 1.29 is 27.5 Å². The van der Waals surface area contributed by atoms with Crippen molar-refractivity contribution in [3.63, 3.8) is 0 Å². The molecule has 1 atom stereocenters. The number of methoxy groups -OCH3 is 2. The maximum Gasteiger partial charge on any atom is 0.244 e. The predicted molar refractivity (Wildman–Crippen MR) is 144 cm³/mol. The Bertz CT molecular complexity index is 1170. The molecule has 0 bridgehead atoms. The Labute approximate surface area is 221 Å². The van der Waals surface area contributed by atoms with Crippen LogP contribution in [0.2, 0.25) is 0 Å². The fraction of sp³-hybridized carbons (Fsp3) is 0.440. The van der Waals surface area contributed by atoms with E-state index in [1.807, 2.05) is 38.1 Å². The van der Waals surface area contributed by atoms with Crippen LogP contribution in [0.3, 0.4) is 0 Å². The molecular weight excluding hydrogens is 550 g/mol. The maximum atomic E-state index is 13.6. The van der Waals surface area contributed by atoms with Crippen molar-refractivity contribution in [1.29, 1.82) is 0 Å².